The Labute approximate surface area is 108 Å². The number of ether oxygens (including phenoxy) is 2. The van der Waals surface area contributed by atoms with Crippen molar-refractivity contribution in [2.75, 3.05) is 24.8 Å². The average molecular weight is 267 g/mol. The molecular weight excluding hydrogens is 254 g/mol. The quantitative estimate of drug-likeness (QED) is 0.834. The summed E-state index contributed by atoms with van der Waals surface area (Å²) in [5.74, 6) is 0.582. The Balaban J connectivity index is 2.35. The number of amides is 1. The minimum atomic E-state index is -0.525. The van der Waals surface area contributed by atoms with E-state index in [2.05, 4.69) is 10.3 Å². The average Bonchev–Trinajstić information content (AvgIpc) is 2.70. The van der Waals surface area contributed by atoms with E-state index in [9.17, 15) is 4.79 Å². The molecule has 0 spiro atoms. The Bertz CT molecular complexity index is 582. The van der Waals surface area contributed by atoms with Crippen LogP contribution in [0.15, 0.2) is 12.1 Å². The SMILES string of the molecule is CCOC(=O)Nc1nc2c(OC)cc(N)cc2s1. The number of rotatable bonds is 3. The summed E-state index contributed by atoms with van der Waals surface area (Å²) in [6, 6.07) is 3.47. The first-order valence-electron chi connectivity index (χ1n) is 5.32. The Morgan fingerprint density at radius 1 is 1.56 bits per heavy atom. The third-order valence-electron chi connectivity index (χ3n) is 2.19. The van der Waals surface area contributed by atoms with Gasteiger partial charge in [-0.15, -0.1) is 0 Å². The molecule has 3 N–H and O–H groups in total. The highest BCUT2D eigenvalue weighted by Crippen LogP contribution is 2.34. The molecule has 0 saturated heterocycles. The number of fused-ring (bicyclic) bond motifs is 1. The molecule has 1 heterocycles. The molecular formula is C11H13N3O3S. The minimum Gasteiger partial charge on any atom is -0.494 e. The predicted octanol–water partition coefficient (Wildman–Crippen LogP) is 2.46. The van der Waals surface area contributed by atoms with Crippen molar-refractivity contribution in [2.45, 2.75) is 6.92 Å². The smallest absolute Gasteiger partial charge is 0.413 e. The second-order valence-electron chi connectivity index (χ2n) is 3.43. The highest BCUT2D eigenvalue weighted by Gasteiger charge is 2.12. The number of aromatic nitrogens is 1. The normalized spacial score (nSPS) is 10.3. The largest absolute Gasteiger partial charge is 0.494 e. The predicted molar refractivity (Wildman–Crippen MR) is 71.2 cm³/mol. The van der Waals surface area contributed by atoms with Crippen LogP contribution in [0.5, 0.6) is 5.75 Å². The topological polar surface area (TPSA) is 86.5 Å². The van der Waals surface area contributed by atoms with Gasteiger partial charge in [0, 0.05) is 11.8 Å². The van der Waals surface area contributed by atoms with E-state index in [-0.39, 0.29) is 0 Å². The molecule has 0 aliphatic carbocycles. The lowest BCUT2D eigenvalue weighted by Gasteiger charge is -2.01. The molecule has 0 saturated carbocycles. The molecule has 2 aromatic rings. The maximum atomic E-state index is 11.3. The fourth-order valence-electron chi connectivity index (χ4n) is 1.48. The molecule has 96 valence electrons. The van der Waals surface area contributed by atoms with Crippen LogP contribution in [0.2, 0.25) is 0 Å². The van der Waals surface area contributed by atoms with E-state index in [1.54, 1.807) is 26.2 Å². The Morgan fingerprint density at radius 2 is 2.33 bits per heavy atom. The fraction of sp³-hybridized carbons (Fsp3) is 0.273. The van der Waals surface area contributed by atoms with Crippen molar-refractivity contribution in [2.24, 2.45) is 0 Å². The van der Waals surface area contributed by atoms with Crippen LogP contribution >= 0.6 is 11.3 Å². The lowest BCUT2D eigenvalue weighted by atomic mass is 10.3. The second kappa shape index (κ2) is 5.09. The maximum Gasteiger partial charge on any atom is 0.413 e. The fourth-order valence-corrected chi connectivity index (χ4v) is 2.40. The van der Waals surface area contributed by atoms with Gasteiger partial charge in [0.25, 0.3) is 0 Å². The standard InChI is InChI=1S/C11H13N3O3S/c1-3-17-11(15)14-10-13-9-7(16-2)4-6(12)5-8(9)18-10/h4-5H,3,12H2,1-2H3,(H,13,14,15). The van der Waals surface area contributed by atoms with E-state index < -0.39 is 6.09 Å². The molecule has 0 fully saturated rings. The van der Waals surface area contributed by atoms with Crippen molar-refractivity contribution in [3.63, 3.8) is 0 Å². The number of methoxy groups -OCH3 is 1. The molecule has 2 rings (SSSR count). The monoisotopic (exact) mass is 267 g/mol. The molecule has 1 amide bonds. The highest BCUT2D eigenvalue weighted by molar-refractivity contribution is 7.22. The first kappa shape index (κ1) is 12.4. The molecule has 18 heavy (non-hydrogen) atoms. The van der Waals surface area contributed by atoms with Gasteiger partial charge in [0.2, 0.25) is 0 Å². The number of anilines is 2. The number of hydrogen-bond donors (Lipinski definition) is 2. The summed E-state index contributed by atoms with van der Waals surface area (Å²) in [4.78, 5) is 15.6. The van der Waals surface area contributed by atoms with E-state index in [0.29, 0.717) is 28.7 Å². The molecule has 0 atom stereocenters. The van der Waals surface area contributed by atoms with Crippen molar-refractivity contribution >= 4 is 38.5 Å². The van der Waals surface area contributed by atoms with Gasteiger partial charge in [0.1, 0.15) is 11.3 Å². The number of carbonyl (C=O) groups is 1. The minimum absolute atomic E-state index is 0.312. The number of nitrogens with one attached hydrogen (secondary N) is 1. The molecule has 0 aliphatic heterocycles. The summed E-state index contributed by atoms with van der Waals surface area (Å²) in [6.45, 7) is 2.05. The number of nitrogens with zero attached hydrogens (tertiary/aromatic N) is 1. The summed E-state index contributed by atoms with van der Waals surface area (Å²) >= 11 is 1.31. The molecule has 6 nitrogen and oxygen atoms in total. The van der Waals surface area contributed by atoms with Crippen LogP contribution < -0.4 is 15.8 Å². The summed E-state index contributed by atoms with van der Waals surface area (Å²) in [6.07, 6.45) is -0.525. The zero-order chi connectivity index (χ0) is 13.1. The molecule has 0 aliphatic rings. The Morgan fingerprint density at radius 3 is 3.00 bits per heavy atom. The number of benzene rings is 1. The molecule has 1 aromatic heterocycles. The first-order valence-corrected chi connectivity index (χ1v) is 6.13. The van der Waals surface area contributed by atoms with Crippen LogP contribution in [-0.4, -0.2) is 24.8 Å². The van der Waals surface area contributed by atoms with Gasteiger partial charge >= 0.3 is 6.09 Å². The zero-order valence-corrected chi connectivity index (χ0v) is 10.8. The van der Waals surface area contributed by atoms with Crippen LogP contribution in [0.25, 0.3) is 10.2 Å². The summed E-state index contributed by atoms with van der Waals surface area (Å²) < 4.78 is 10.8. The second-order valence-corrected chi connectivity index (χ2v) is 4.47. The van der Waals surface area contributed by atoms with E-state index in [0.717, 1.165) is 4.70 Å². The van der Waals surface area contributed by atoms with Crippen molar-refractivity contribution in [3.05, 3.63) is 12.1 Å². The molecule has 0 bridgehead atoms. The third kappa shape index (κ3) is 2.45. The van der Waals surface area contributed by atoms with Gasteiger partial charge in [0.05, 0.1) is 18.4 Å². The van der Waals surface area contributed by atoms with Gasteiger partial charge in [-0.1, -0.05) is 11.3 Å². The molecule has 1 aromatic carbocycles. The van der Waals surface area contributed by atoms with Gasteiger partial charge in [-0.3, -0.25) is 5.32 Å². The highest BCUT2D eigenvalue weighted by atomic mass is 32.1. The lowest BCUT2D eigenvalue weighted by Crippen LogP contribution is -2.12. The van der Waals surface area contributed by atoms with E-state index in [1.807, 2.05) is 0 Å². The molecule has 7 heteroatoms. The van der Waals surface area contributed by atoms with Crippen LogP contribution in [0, 0.1) is 0 Å². The van der Waals surface area contributed by atoms with Crippen molar-refractivity contribution < 1.29 is 14.3 Å². The molecule has 0 unspecified atom stereocenters. The number of carbonyl (C=O) groups excluding carboxylic acids is 1. The van der Waals surface area contributed by atoms with Crippen LogP contribution in [0.4, 0.5) is 15.6 Å². The van der Waals surface area contributed by atoms with Crippen LogP contribution in [-0.2, 0) is 4.74 Å². The van der Waals surface area contributed by atoms with Crippen LogP contribution in [0.1, 0.15) is 6.92 Å². The first-order chi connectivity index (χ1) is 8.63. The van der Waals surface area contributed by atoms with Gasteiger partial charge < -0.3 is 15.2 Å². The summed E-state index contributed by atoms with van der Waals surface area (Å²) in [5.41, 5.74) is 7.00. The zero-order valence-electron chi connectivity index (χ0n) is 10.0. The van der Waals surface area contributed by atoms with Gasteiger partial charge in [-0.25, -0.2) is 9.78 Å². The van der Waals surface area contributed by atoms with E-state index >= 15 is 0 Å². The lowest BCUT2D eigenvalue weighted by molar-refractivity contribution is 0.168. The van der Waals surface area contributed by atoms with Crippen LogP contribution in [0.3, 0.4) is 0 Å². The maximum absolute atomic E-state index is 11.3. The Hall–Kier alpha value is -2.02. The van der Waals surface area contributed by atoms with Crippen molar-refractivity contribution in [1.82, 2.24) is 4.98 Å². The summed E-state index contributed by atoms with van der Waals surface area (Å²) in [5, 5.41) is 3.00. The van der Waals surface area contributed by atoms with Crippen molar-refractivity contribution in [1.29, 1.82) is 0 Å². The third-order valence-corrected chi connectivity index (χ3v) is 3.10. The number of thiazole rings is 1. The van der Waals surface area contributed by atoms with Gasteiger partial charge in [0.15, 0.2) is 5.13 Å². The number of nitrogens with two attached hydrogens (primary N) is 1. The molecule has 0 radical (unpaired) electrons. The van der Waals surface area contributed by atoms with E-state index in [1.165, 1.54) is 11.3 Å². The van der Waals surface area contributed by atoms with Crippen molar-refractivity contribution in [3.8, 4) is 5.75 Å². The van der Waals surface area contributed by atoms with Gasteiger partial charge in [-0.2, -0.15) is 0 Å². The van der Waals surface area contributed by atoms with Gasteiger partial charge in [-0.05, 0) is 13.0 Å². The number of nitrogen functional groups attached to an aromatic ring is 1. The Kier molecular flexibility index (Phi) is 3.52. The summed E-state index contributed by atoms with van der Waals surface area (Å²) in [7, 11) is 1.55. The van der Waals surface area contributed by atoms with E-state index in [4.69, 9.17) is 15.2 Å². The number of hydrogen-bond acceptors (Lipinski definition) is 6.